The molecule has 1 aliphatic heterocycles. The molecule has 2 unspecified atom stereocenters. The molecule has 0 amide bonds. The number of rotatable bonds is 6. The number of ether oxygens (including phenoxy) is 1. The first-order valence-electron chi connectivity index (χ1n) is 7.15. The van der Waals surface area contributed by atoms with Crippen LogP contribution >= 0.6 is 16.5 Å². The highest BCUT2D eigenvalue weighted by Gasteiger charge is 2.54. The Kier molecular flexibility index (Phi) is 5.24. The summed E-state index contributed by atoms with van der Waals surface area (Å²) in [6.45, 7) is 0.831. The first-order chi connectivity index (χ1) is 12.2. The number of nitrogens with two attached hydrogens (primary N) is 1. The van der Waals surface area contributed by atoms with Crippen LogP contribution < -0.4 is 5.73 Å². The summed E-state index contributed by atoms with van der Waals surface area (Å²) in [6.07, 6.45) is -1.10. The number of hydrogen-bond donors (Lipinski definition) is 4. The molecule has 2 aromatic heterocycles. The van der Waals surface area contributed by atoms with E-state index in [-0.39, 0.29) is 11.5 Å². The minimum Gasteiger partial charge on any atom is -0.385 e. The van der Waals surface area contributed by atoms with Crippen LogP contribution in [0.2, 0.25) is 0 Å². The molecule has 3 rings (SSSR count). The number of hydrogen-bond acceptors (Lipinski definition) is 11. The van der Waals surface area contributed by atoms with E-state index < -0.39 is 47.2 Å². The van der Waals surface area contributed by atoms with Gasteiger partial charge >= 0.3 is 16.5 Å². The zero-order valence-electron chi connectivity index (χ0n) is 13.2. The first-order valence-corrected chi connectivity index (χ1v) is 9.37. The average Bonchev–Trinajstić information content (AvgIpc) is 3.07. The highest BCUT2D eigenvalue weighted by Crippen LogP contribution is 2.41. The predicted octanol–water partition coefficient (Wildman–Crippen LogP) is -0.242. The lowest BCUT2D eigenvalue weighted by atomic mass is 9.95. The molecule has 0 aromatic carbocycles. The van der Waals surface area contributed by atoms with E-state index in [1.54, 1.807) is 0 Å². The van der Waals surface area contributed by atoms with Gasteiger partial charge in [-0.3, -0.25) is 4.57 Å². The molecule has 140 valence electrons. The number of nitrogens with zero attached hydrogens (tertiary/aromatic N) is 4. The molecule has 1 saturated heterocycles. The Bertz CT molecular complexity index is 860. The van der Waals surface area contributed by atoms with Crippen molar-refractivity contribution in [2.24, 2.45) is 0 Å². The van der Waals surface area contributed by atoms with E-state index in [2.05, 4.69) is 19.3 Å². The zero-order valence-corrected chi connectivity index (χ0v) is 15.0. The van der Waals surface area contributed by atoms with E-state index in [1.807, 2.05) is 0 Å². The summed E-state index contributed by atoms with van der Waals surface area (Å²) in [4.78, 5) is 20.4. The third kappa shape index (κ3) is 3.43. The van der Waals surface area contributed by atoms with Crippen LogP contribution in [0, 0.1) is 0 Å². The summed E-state index contributed by atoms with van der Waals surface area (Å²) < 4.78 is 37.6. The van der Waals surface area contributed by atoms with Gasteiger partial charge in [0.1, 0.15) is 36.3 Å². The van der Waals surface area contributed by atoms with Gasteiger partial charge < -0.3 is 20.7 Å². The monoisotopic (exact) mass is 407 g/mol. The molecule has 13 nitrogen and oxygen atoms in total. The van der Waals surface area contributed by atoms with Crippen molar-refractivity contribution in [1.82, 2.24) is 19.5 Å². The molecule has 0 aliphatic carbocycles. The molecular formula is C11H15N5O8P2+2. The van der Waals surface area contributed by atoms with Gasteiger partial charge in [-0.25, -0.2) is 15.0 Å². The van der Waals surface area contributed by atoms with E-state index in [1.165, 1.54) is 24.1 Å². The van der Waals surface area contributed by atoms with Crippen molar-refractivity contribution in [2.75, 3.05) is 12.3 Å². The van der Waals surface area contributed by atoms with Gasteiger partial charge in [0, 0.05) is 9.13 Å². The van der Waals surface area contributed by atoms with Crippen LogP contribution in [0.3, 0.4) is 0 Å². The second-order valence-electron chi connectivity index (χ2n) is 5.61. The van der Waals surface area contributed by atoms with Crippen LogP contribution in [-0.4, -0.2) is 59.0 Å². The third-order valence-electron chi connectivity index (χ3n) is 3.95. The summed E-state index contributed by atoms with van der Waals surface area (Å²) in [6, 6.07) is 0. The van der Waals surface area contributed by atoms with Crippen molar-refractivity contribution in [3.8, 4) is 0 Å². The van der Waals surface area contributed by atoms with Gasteiger partial charge in [0.25, 0.3) is 0 Å². The Balaban J connectivity index is 1.81. The Hall–Kier alpha value is -1.69. The summed E-state index contributed by atoms with van der Waals surface area (Å²) in [7, 11) is -6.00. The number of aromatic nitrogens is 4. The lowest BCUT2D eigenvalue weighted by molar-refractivity contribution is -0.0765. The van der Waals surface area contributed by atoms with Crippen molar-refractivity contribution in [2.45, 2.75) is 31.0 Å². The second kappa shape index (κ2) is 7.14. The minimum absolute atomic E-state index is 0.139. The number of anilines is 1. The van der Waals surface area contributed by atoms with Crippen LogP contribution in [0.1, 0.15) is 13.2 Å². The van der Waals surface area contributed by atoms with Crippen molar-refractivity contribution < 1.29 is 37.8 Å². The number of nitrogen functional groups attached to an aromatic ring is 1. The molecule has 6 atom stereocenters. The summed E-state index contributed by atoms with van der Waals surface area (Å²) >= 11 is 0. The Labute approximate surface area is 147 Å². The van der Waals surface area contributed by atoms with Gasteiger partial charge in [-0.2, -0.15) is 0 Å². The topological polar surface area (TPSA) is 192 Å². The molecule has 5 N–H and O–H groups in total. The molecule has 0 bridgehead atoms. The largest absolute Gasteiger partial charge is 0.747 e. The Morgan fingerprint density at radius 1 is 1.42 bits per heavy atom. The molecule has 3 heterocycles. The number of fused-ring (bicyclic) bond motifs is 1. The highest BCUT2D eigenvalue weighted by molar-refractivity contribution is 7.47. The van der Waals surface area contributed by atoms with Crippen LogP contribution in [0.5, 0.6) is 0 Å². The molecule has 0 radical (unpaired) electrons. The molecule has 0 spiro atoms. The fourth-order valence-corrected chi connectivity index (χ4v) is 3.45. The zero-order chi connectivity index (χ0) is 19.1. The van der Waals surface area contributed by atoms with Gasteiger partial charge in [-0.1, -0.05) is 0 Å². The first kappa shape index (κ1) is 19.1. The van der Waals surface area contributed by atoms with E-state index in [9.17, 15) is 19.3 Å². The van der Waals surface area contributed by atoms with Crippen molar-refractivity contribution in [3.63, 3.8) is 0 Å². The van der Waals surface area contributed by atoms with Gasteiger partial charge in [0.2, 0.25) is 0 Å². The third-order valence-corrected chi connectivity index (χ3v) is 5.41. The maximum atomic E-state index is 11.3. The number of imidazole rings is 1. The van der Waals surface area contributed by atoms with Crippen molar-refractivity contribution in [3.05, 3.63) is 12.7 Å². The molecule has 15 heteroatoms. The molecule has 26 heavy (non-hydrogen) atoms. The Morgan fingerprint density at radius 3 is 2.85 bits per heavy atom. The summed E-state index contributed by atoms with van der Waals surface area (Å²) in [5.74, 6) is 0.139. The summed E-state index contributed by atoms with van der Waals surface area (Å²) in [5.41, 5.74) is 4.50. The average molecular weight is 407 g/mol. The normalized spacial score (nSPS) is 29.9. The predicted molar refractivity (Wildman–Crippen MR) is 84.7 cm³/mol. The molecule has 0 saturated carbocycles. The fraction of sp³-hybridized carbons (Fsp3) is 0.545. The van der Waals surface area contributed by atoms with Crippen LogP contribution in [-0.2, 0) is 22.7 Å². The maximum absolute atomic E-state index is 11.3. The lowest BCUT2D eigenvalue weighted by Crippen LogP contribution is -2.46. The van der Waals surface area contributed by atoms with E-state index in [4.69, 9.17) is 19.9 Å². The smallest absolute Gasteiger partial charge is 0.385 e. The van der Waals surface area contributed by atoms with E-state index >= 15 is 0 Å². The molecule has 2 aromatic rings. The number of aliphatic hydroxyl groups is 2. The van der Waals surface area contributed by atoms with Gasteiger partial charge in [0.05, 0.1) is 6.33 Å². The highest BCUT2D eigenvalue weighted by atomic mass is 31.2. The minimum atomic E-state index is -3.11. The summed E-state index contributed by atoms with van der Waals surface area (Å²) in [5, 5.41) is 21.0. The fourth-order valence-electron chi connectivity index (χ4n) is 2.55. The molecule has 1 aliphatic rings. The molecular weight excluding hydrogens is 392 g/mol. The van der Waals surface area contributed by atoms with Gasteiger partial charge in [-0.15, -0.1) is 9.42 Å². The van der Waals surface area contributed by atoms with Crippen molar-refractivity contribution >= 4 is 33.5 Å². The molecule has 1 fully saturated rings. The maximum Gasteiger partial charge on any atom is 0.747 e. The van der Waals surface area contributed by atoms with E-state index in [0.717, 1.165) is 0 Å². The standard InChI is InChI=1S/C11H14N5O8P2/c1-11(18)5(2-22-26(21)24-25(19)20)23-10(7(11)17)16-4-15-6-8(12)13-3-14-9(6)16/h3-5,7,10,17-18H,2H2,1H3,(H2-,12,13,14,19,20)/q+1/p+1/t5-,7+,10-,11-/m1/s1. The van der Waals surface area contributed by atoms with Gasteiger partial charge in [-0.05, 0) is 6.92 Å². The number of aliphatic hydroxyl groups excluding tert-OH is 1. The second-order valence-corrected chi connectivity index (χ2v) is 7.44. The van der Waals surface area contributed by atoms with E-state index in [0.29, 0.717) is 5.52 Å². The van der Waals surface area contributed by atoms with Crippen LogP contribution in [0.15, 0.2) is 12.7 Å². The lowest BCUT2D eigenvalue weighted by Gasteiger charge is -2.24. The van der Waals surface area contributed by atoms with Crippen molar-refractivity contribution in [1.29, 1.82) is 0 Å². The van der Waals surface area contributed by atoms with Crippen LogP contribution in [0.25, 0.3) is 11.2 Å². The quantitative estimate of drug-likeness (QED) is 0.460. The van der Waals surface area contributed by atoms with Gasteiger partial charge in [0.15, 0.2) is 22.0 Å². The Morgan fingerprint density at radius 2 is 2.15 bits per heavy atom. The van der Waals surface area contributed by atoms with Crippen LogP contribution in [0.4, 0.5) is 5.82 Å². The SMILES string of the molecule is C[C@@]1(O)[C@@H](CO[P+](=O)O[P+](=O)O)O[C@@H](n2cnc3c(N)ncnc32)[C@@H]1O.